The lowest BCUT2D eigenvalue weighted by Gasteiger charge is -2.20. The number of nitrogens with zero attached hydrogens (tertiary/aromatic N) is 1. The summed E-state index contributed by atoms with van der Waals surface area (Å²) in [4.78, 5) is 4.34. The summed E-state index contributed by atoms with van der Waals surface area (Å²) >= 11 is 0. The minimum absolute atomic E-state index is 0.465. The van der Waals surface area contributed by atoms with Crippen molar-refractivity contribution < 1.29 is 42.4 Å². The second kappa shape index (κ2) is 5.60. The Morgan fingerprint density at radius 3 is 2.15 bits per heavy atom. The molecule has 0 saturated carbocycles. The highest BCUT2D eigenvalue weighted by molar-refractivity contribution is 5.11. The molecule has 5 N–H and O–H groups in total. The zero-order chi connectivity index (χ0) is 15.7. The van der Waals surface area contributed by atoms with Gasteiger partial charge in [-0.2, -0.15) is 22.0 Å². The van der Waals surface area contributed by atoms with Gasteiger partial charge in [-0.3, -0.25) is 0 Å². The van der Waals surface area contributed by atoms with Crippen LogP contribution in [-0.2, 0) is 5.92 Å². The van der Waals surface area contributed by atoms with Gasteiger partial charge in [0.1, 0.15) is 18.3 Å². The Morgan fingerprint density at radius 1 is 1.15 bits per heavy atom. The average Bonchev–Trinajstić information content (AvgIpc) is 2.84. The highest BCUT2D eigenvalue weighted by Crippen LogP contribution is 2.42. The van der Waals surface area contributed by atoms with Crippen LogP contribution in [0.1, 0.15) is 17.6 Å². The van der Waals surface area contributed by atoms with E-state index in [9.17, 15) is 32.2 Å². The first-order valence-electron chi connectivity index (χ1n) is 5.17. The number of aromatic nitrogens is 2. The van der Waals surface area contributed by atoms with E-state index in [0.717, 1.165) is 0 Å². The molecule has 1 rings (SSSR count). The number of alkyl halides is 5. The van der Waals surface area contributed by atoms with Crippen LogP contribution in [-0.4, -0.2) is 55.4 Å². The molecule has 1 heterocycles. The van der Waals surface area contributed by atoms with E-state index < -0.39 is 48.5 Å². The molecule has 1 aromatic heterocycles. The van der Waals surface area contributed by atoms with Crippen molar-refractivity contribution in [1.82, 2.24) is 9.97 Å². The molecule has 0 aromatic carbocycles. The van der Waals surface area contributed by atoms with Crippen LogP contribution in [0.4, 0.5) is 22.0 Å². The predicted octanol–water partition coefficient (Wildman–Crippen LogP) is -0.189. The minimum atomic E-state index is -5.88. The third-order valence-electron chi connectivity index (χ3n) is 2.47. The summed E-state index contributed by atoms with van der Waals surface area (Å²) < 4.78 is 62.1. The predicted molar refractivity (Wildman–Crippen MR) is 52.6 cm³/mol. The number of aliphatic hydroxyl groups excluding tert-OH is 4. The number of imidazole rings is 1. The quantitative estimate of drug-likeness (QED) is 0.485. The van der Waals surface area contributed by atoms with Crippen molar-refractivity contribution in [2.45, 2.75) is 30.4 Å². The summed E-state index contributed by atoms with van der Waals surface area (Å²) in [6.45, 7) is -0.946. The van der Waals surface area contributed by atoms with Crippen LogP contribution >= 0.6 is 0 Å². The summed E-state index contributed by atoms with van der Waals surface area (Å²) in [5.74, 6) is -7.02. The Labute approximate surface area is 108 Å². The third kappa shape index (κ3) is 3.06. The van der Waals surface area contributed by atoms with Gasteiger partial charge in [0.15, 0.2) is 5.82 Å². The van der Waals surface area contributed by atoms with E-state index in [0.29, 0.717) is 6.20 Å². The smallest absolute Gasteiger partial charge is 0.394 e. The minimum Gasteiger partial charge on any atom is -0.394 e. The fourth-order valence-electron chi connectivity index (χ4n) is 1.28. The zero-order valence-electron chi connectivity index (χ0n) is 9.64. The van der Waals surface area contributed by atoms with E-state index in [1.54, 1.807) is 0 Å². The molecule has 1 aromatic rings. The summed E-state index contributed by atoms with van der Waals surface area (Å²) in [6, 6.07) is 0. The molecule has 0 fully saturated rings. The van der Waals surface area contributed by atoms with E-state index in [1.807, 2.05) is 0 Å². The van der Waals surface area contributed by atoms with Crippen molar-refractivity contribution in [3.05, 3.63) is 17.7 Å². The summed E-state index contributed by atoms with van der Waals surface area (Å²) in [5, 5.41) is 36.3. The molecule has 20 heavy (non-hydrogen) atoms. The van der Waals surface area contributed by atoms with Gasteiger partial charge in [-0.1, -0.05) is 0 Å². The van der Waals surface area contributed by atoms with E-state index in [1.165, 1.54) is 4.98 Å². The van der Waals surface area contributed by atoms with Gasteiger partial charge in [-0.15, -0.1) is 0 Å². The molecule has 116 valence electrons. The van der Waals surface area contributed by atoms with Crippen molar-refractivity contribution in [3.8, 4) is 0 Å². The fraction of sp³-hybridized carbons (Fsp3) is 0.667. The first kappa shape index (κ1) is 16.8. The van der Waals surface area contributed by atoms with Gasteiger partial charge in [0.2, 0.25) is 0 Å². The first-order chi connectivity index (χ1) is 9.02. The number of nitrogens with one attached hydrogen (secondary N) is 1. The lowest BCUT2D eigenvalue weighted by atomic mass is 10.1. The maximum absolute atomic E-state index is 12.9. The zero-order valence-corrected chi connectivity index (χ0v) is 9.64. The lowest BCUT2D eigenvalue weighted by molar-refractivity contribution is -0.292. The van der Waals surface area contributed by atoms with Crippen molar-refractivity contribution in [1.29, 1.82) is 0 Å². The second-order valence-electron chi connectivity index (χ2n) is 3.94. The Bertz CT molecular complexity index is 450. The highest BCUT2D eigenvalue weighted by Gasteiger charge is 2.61. The van der Waals surface area contributed by atoms with Crippen molar-refractivity contribution >= 4 is 0 Å². The molecule has 3 atom stereocenters. The SMILES string of the molecule is OC[C@@H](O)[C@@H](O)[C@H](O)c1cnc(C(F)(F)C(F)(F)F)[nH]1. The van der Waals surface area contributed by atoms with Gasteiger partial charge in [-0.25, -0.2) is 4.98 Å². The number of aromatic amines is 1. The third-order valence-corrected chi connectivity index (χ3v) is 2.47. The van der Waals surface area contributed by atoms with Crippen LogP contribution in [0.2, 0.25) is 0 Å². The Balaban J connectivity index is 2.98. The molecule has 0 spiro atoms. The molecule has 0 aliphatic carbocycles. The molecule has 0 saturated heterocycles. The second-order valence-corrected chi connectivity index (χ2v) is 3.94. The van der Waals surface area contributed by atoms with Gasteiger partial charge >= 0.3 is 12.1 Å². The van der Waals surface area contributed by atoms with Crippen LogP contribution in [0.25, 0.3) is 0 Å². The summed E-state index contributed by atoms with van der Waals surface area (Å²) in [6.07, 6.45) is -11.2. The van der Waals surface area contributed by atoms with E-state index >= 15 is 0 Å². The van der Waals surface area contributed by atoms with E-state index in [2.05, 4.69) is 4.98 Å². The maximum Gasteiger partial charge on any atom is 0.461 e. The number of hydrogen-bond donors (Lipinski definition) is 5. The van der Waals surface area contributed by atoms with Crippen molar-refractivity contribution in [2.75, 3.05) is 6.61 Å². The topological polar surface area (TPSA) is 110 Å². The van der Waals surface area contributed by atoms with Crippen LogP contribution < -0.4 is 0 Å². The van der Waals surface area contributed by atoms with E-state index in [-0.39, 0.29) is 0 Å². The average molecular weight is 306 g/mol. The molecule has 11 heteroatoms. The largest absolute Gasteiger partial charge is 0.461 e. The summed E-state index contributed by atoms with van der Waals surface area (Å²) in [7, 11) is 0. The molecule has 0 aliphatic heterocycles. The monoisotopic (exact) mass is 306 g/mol. The van der Waals surface area contributed by atoms with Crippen molar-refractivity contribution in [3.63, 3.8) is 0 Å². The van der Waals surface area contributed by atoms with Gasteiger partial charge in [0, 0.05) is 0 Å². The maximum atomic E-state index is 12.9. The molecule has 0 radical (unpaired) electrons. The normalized spacial score (nSPS) is 17.9. The van der Waals surface area contributed by atoms with Crippen LogP contribution in [0.5, 0.6) is 0 Å². The van der Waals surface area contributed by atoms with E-state index in [4.69, 9.17) is 10.2 Å². The Morgan fingerprint density at radius 2 is 1.70 bits per heavy atom. The van der Waals surface area contributed by atoms with Gasteiger partial charge in [-0.05, 0) is 0 Å². The summed E-state index contributed by atoms with van der Waals surface area (Å²) in [5.41, 5.74) is -0.663. The standard InChI is InChI=1S/C9H11F5N2O4/c10-8(11,9(12,13)14)7-15-1-3(16-7)5(19)6(20)4(18)2-17/h1,4-6,17-20H,2H2,(H,15,16)/t4-,5-,6-/m1/s1. The fourth-order valence-corrected chi connectivity index (χ4v) is 1.28. The molecule has 0 aliphatic rings. The Hall–Kier alpha value is -1.30. The highest BCUT2D eigenvalue weighted by atomic mass is 19.4. The molecule has 0 amide bonds. The van der Waals surface area contributed by atoms with Crippen LogP contribution in [0, 0.1) is 0 Å². The van der Waals surface area contributed by atoms with Crippen LogP contribution in [0.15, 0.2) is 6.20 Å². The van der Waals surface area contributed by atoms with Gasteiger partial charge in [0.05, 0.1) is 18.5 Å². The molecule has 6 nitrogen and oxygen atoms in total. The lowest BCUT2D eigenvalue weighted by Crippen LogP contribution is -2.36. The number of rotatable bonds is 5. The Kier molecular flexibility index (Phi) is 4.69. The number of aliphatic hydroxyl groups is 4. The number of hydrogen-bond acceptors (Lipinski definition) is 5. The van der Waals surface area contributed by atoms with Crippen LogP contribution in [0.3, 0.4) is 0 Å². The van der Waals surface area contributed by atoms with Gasteiger partial charge in [0.25, 0.3) is 0 Å². The number of H-pyrrole nitrogens is 1. The molecular weight excluding hydrogens is 295 g/mol. The van der Waals surface area contributed by atoms with Gasteiger partial charge < -0.3 is 25.4 Å². The molecule has 0 unspecified atom stereocenters. The molecular formula is C9H11F5N2O4. The van der Waals surface area contributed by atoms with Crippen molar-refractivity contribution in [2.24, 2.45) is 0 Å². The molecule has 0 bridgehead atoms. The first-order valence-corrected chi connectivity index (χ1v) is 5.17. The number of halogens is 5.